The highest BCUT2D eigenvalue weighted by molar-refractivity contribution is 5.61. The van der Waals surface area contributed by atoms with Crippen molar-refractivity contribution < 1.29 is 14.2 Å². The molecule has 2 aromatic carbocycles. The Balaban J connectivity index is 1.92. The fraction of sp³-hybridized carbons (Fsp3) is 0.167. The van der Waals surface area contributed by atoms with Crippen molar-refractivity contribution >= 4 is 0 Å². The molecule has 0 unspecified atom stereocenters. The minimum Gasteiger partial charge on any atom is -0.454 e. The summed E-state index contributed by atoms with van der Waals surface area (Å²) in [6.07, 6.45) is 0. The van der Waals surface area contributed by atoms with Gasteiger partial charge < -0.3 is 19.9 Å². The van der Waals surface area contributed by atoms with Crippen LogP contribution in [0.25, 0.3) is 0 Å². The molecule has 2 heterocycles. The van der Waals surface area contributed by atoms with E-state index in [-0.39, 0.29) is 18.6 Å². The Morgan fingerprint density at radius 2 is 1.78 bits per heavy atom. The number of ether oxygens (including phenoxy) is 3. The molecule has 23 heavy (non-hydrogen) atoms. The molecule has 0 amide bonds. The van der Waals surface area contributed by atoms with E-state index in [1.54, 1.807) is 6.07 Å². The lowest BCUT2D eigenvalue weighted by Crippen LogP contribution is -2.21. The molecular weight excluding hydrogens is 292 g/mol. The fourth-order valence-electron chi connectivity index (χ4n) is 2.95. The lowest BCUT2D eigenvalue weighted by atomic mass is 9.83. The molecule has 5 nitrogen and oxygen atoms in total. The van der Waals surface area contributed by atoms with Crippen LogP contribution in [0.15, 0.2) is 47.9 Å². The van der Waals surface area contributed by atoms with Crippen molar-refractivity contribution in [1.82, 2.24) is 0 Å². The van der Waals surface area contributed by atoms with Crippen molar-refractivity contribution in [3.63, 3.8) is 0 Å². The van der Waals surface area contributed by atoms with Crippen LogP contribution in [-0.4, -0.2) is 6.79 Å². The molecule has 0 fully saturated rings. The number of aryl methyl sites for hydroxylation is 1. The number of nitrogens with zero attached hydrogens (tertiary/aromatic N) is 1. The molecule has 0 saturated carbocycles. The third kappa shape index (κ3) is 2.08. The molecule has 0 aliphatic carbocycles. The van der Waals surface area contributed by atoms with Crippen molar-refractivity contribution in [2.75, 3.05) is 6.79 Å². The summed E-state index contributed by atoms with van der Waals surface area (Å²) in [6.45, 7) is 2.20. The fourth-order valence-corrected chi connectivity index (χ4v) is 2.95. The van der Waals surface area contributed by atoms with Gasteiger partial charge in [-0.1, -0.05) is 29.8 Å². The molecule has 0 aromatic heterocycles. The Kier molecular flexibility index (Phi) is 2.91. The van der Waals surface area contributed by atoms with Crippen LogP contribution < -0.4 is 19.9 Å². The third-order valence-corrected chi connectivity index (χ3v) is 4.12. The van der Waals surface area contributed by atoms with Crippen molar-refractivity contribution in [2.24, 2.45) is 5.73 Å². The summed E-state index contributed by atoms with van der Waals surface area (Å²) in [6, 6.07) is 13.9. The van der Waals surface area contributed by atoms with Crippen molar-refractivity contribution in [3.8, 4) is 23.3 Å². The van der Waals surface area contributed by atoms with Gasteiger partial charge in [-0.25, -0.2) is 0 Å². The number of allylic oxidation sites excluding steroid dienone is 1. The van der Waals surface area contributed by atoms with Crippen LogP contribution in [0.4, 0.5) is 0 Å². The summed E-state index contributed by atoms with van der Waals surface area (Å²) >= 11 is 0. The molecule has 2 aliphatic rings. The topological polar surface area (TPSA) is 77.5 Å². The summed E-state index contributed by atoms with van der Waals surface area (Å²) in [4.78, 5) is 0. The van der Waals surface area contributed by atoms with E-state index in [0.717, 1.165) is 16.7 Å². The van der Waals surface area contributed by atoms with Gasteiger partial charge in [0.25, 0.3) is 0 Å². The van der Waals surface area contributed by atoms with Gasteiger partial charge in [-0.2, -0.15) is 5.26 Å². The standard InChI is InChI=1S/C18H14N2O3/c1-10-2-4-11(5-3-10)17-12-6-15-16(22-9-21-15)7-14(12)23-18(20)13(17)8-19/h2-7,17H,9,20H2,1H3/t17-/m0/s1. The van der Waals surface area contributed by atoms with Gasteiger partial charge >= 0.3 is 0 Å². The Hall–Kier alpha value is -3.13. The molecule has 0 saturated heterocycles. The minimum absolute atomic E-state index is 0.129. The Labute approximate surface area is 133 Å². The second kappa shape index (κ2) is 4.96. The van der Waals surface area contributed by atoms with Crippen molar-refractivity contribution in [3.05, 3.63) is 64.5 Å². The van der Waals surface area contributed by atoms with Crippen LogP contribution in [0.1, 0.15) is 22.6 Å². The van der Waals surface area contributed by atoms with Crippen LogP contribution in [0, 0.1) is 18.3 Å². The van der Waals surface area contributed by atoms with E-state index in [1.165, 1.54) is 0 Å². The number of hydrogen-bond acceptors (Lipinski definition) is 5. The average Bonchev–Trinajstić information content (AvgIpc) is 3.00. The number of nitriles is 1. The van der Waals surface area contributed by atoms with Crippen LogP contribution in [0.5, 0.6) is 17.2 Å². The van der Waals surface area contributed by atoms with E-state index >= 15 is 0 Å². The number of fused-ring (bicyclic) bond motifs is 2. The van der Waals surface area contributed by atoms with Gasteiger partial charge in [0.15, 0.2) is 11.5 Å². The molecule has 2 aromatic rings. The third-order valence-electron chi connectivity index (χ3n) is 4.12. The van der Waals surface area contributed by atoms with E-state index in [4.69, 9.17) is 19.9 Å². The van der Waals surface area contributed by atoms with Gasteiger partial charge in [0, 0.05) is 11.6 Å². The first-order valence-corrected chi connectivity index (χ1v) is 7.25. The number of nitrogens with two attached hydrogens (primary N) is 1. The zero-order valence-electron chi connectivity index (χ0n) is 12.5. The van der Waals surface area contributed by atoms with Gasteiger partial charge in [-0.05, 0) is 18.6 Å². The van der Waals surface area contributed by atoms with Gasteiger partial charge in [-0.3, -0.25) is 0 Å². The second-order valence-corrected chi connectivity index (χ2v) is 5.58. The highest BCUT2D eigenvalue weighted by Crippen LogP contribution is 2.47. The molecular formula is C18H14N2O3. The number of hydrogen-bond donors (Lipinski definition) is 1. The summed E-state index contributed by atoms with van der Waals surface area (Å²) in [5.41, 5.74) is 9.36. The predicted octanol–water partition coefficient (Wildman–Crippen LogP) is 2.94. The van der Waals surface area contributed by atoms with Crippen LogP contribution >= 0.6 is 0 Å². The summed E-state index contributed by atoms with van der Waals surface area (Å²) in [5, 5.41) is 9.54. The summed E-state index contributed by atoms with van der Waals surface area (Å²) < 4.78 is 16.5. The summed E-state index contributed by atoms with van der Waals surface area (Å²) in [7, 11) is 0. The summed E-state index contributed by atoms with van der Waals surface area (Å²) in [5.74, 6) is 1.72. The van der Waals surface area contributed by atoms with E-state index < -0.39 is 0 Å². The lowest BCUT2D eigenvalue weighted by Gasteiger charge is -2.26. The number of rotatable bonds is 1. The highest BCUT2D eigenvalue weighted by atomic mass is 16.7. The van der Waals surface area contributed by atoms with Crippen molar-refractivity contribution in [2.45, 2.75) is 12.8 Å². The van der Waals surface area contributed by atoms with Gasteiger partial charge in [0.05, 0.1) is 5.92 Å². The first-order valence-electron chi connectivity index (χ1n) is 7.25. The largest absolute Gasteiger partial charge is 0.454 e. The molecule has 0 bridgehead atoms. The zero-order valence-corrected chi connectivity index (χ0v) is 12.5. The Bertz CT molecular complexity index is 863. The molecule has 2 aliphatic heterocycles. The molecule has 4 rings (SSSR count). The van der Waals surface area contributed by atoms with E-state index in [1.807, 2.05) is 37.3 Å². The normalized spacial score (nSPS) is 18.2. The average molecular weight is 306 g/mol. The second-order valence-electron chi connectivity index (χ2n) is 5.58. The maximum absolute atomic E-state index is 9.54. The Morgan fingerprint density at radius 1 is 1.09 bits per heavy atom. The molecule has 0 radical (unpaired) electrons. The van der Waals surface area contributed by atoms with E-state index in [0.29, 0.717) is 22.8 Å². The predicted molar refractivity (Wildman–Crippen MR) is 83.0 cm³/mol. The highest BCUT2D eigenvalue weighted by Gasteiger charge is 2.33. The first kappa shape index (κ1) is 13.5. The molecule has 5 heteroatoms. The van der Waals surface area contributed by atoms with Crippen LogP contribution in [0.3, 0.4) is 0 Å². The monoisotopic (exact) mass is 306 g/mol. The Morgan fingerprint density at radius 3 is 2.48 bits per heavy atom. The smallest absolute Gasteiger partial charge is 0.231 e. The maximum atomic E-state index is 9.54. The quantitative estimate of drug-likeness (QED) is 0.876. The molecule has 2 N–H and O–H groups in total. The van der Waals surface area contributed by atoms with Gasteiger partial charge in [-0.15, -0.1) is 0 Å². The van der Waals surface area contributed by atoms with Crippen LogP contribution in [-0.2, 0) is 0 Å². The van der Waals surface area contributed by atoms with Crippen molar-refractivity contribution in [1.29, 1.82) is 5.26 Å². The molecule has 0 spiro atoms. The van der Waals surface area contributed by atoms with Crippen LogP contribution in [0.2, 0.25) is 0 Å². The maximum Gasteiger partial charge on any atom is 0.231 e. The first-order chi connectivity index (χ1) is 11.2. The van der Waals surface area contributed by atoms with Gasteiger partial charge in [0.2, 0.25) is 12.7 Å². The SMILES string of the molecule is Cc1ccc([C@@H]2C(C#N)=C(N)Oc3cc4c(cc32)OCO4)cc1. The lowest BCUT2D eigenvalue weighted by molar-refractivity contribution is 0.174. The van der Waals surface area contributed by atoms with E-state index in [2.05, 4.69) is 6.07 Å². The number of benzene rings is 2. The molecule has 1 atom stereocenters. The van der Waals surface area contributed by atoms with Gasteiger partial charge in [0.1, 0.15) is 17.4 Å². The van der Waals surface area contributed by atoms with E-state index in [9.17, 15) is 5.26 Å². The minimum atomic E-state index is -0.279. The molecule has 114 valence electrons. The zero-order chi connectivity index (χ0) is 16.0.